The first-order valence-electron chi connectivity index (χ1n) is 7.63. The van der Waals surface area contributed by atoms with E-state index in [1.807, 2.05) is 13.0 Å². The minimum absolute atomic E-state index is 0.280. The lowest BCUT2D eigenvalue weighted by Gasteiger charge is -2.09. The van der Waals surface area contributed by atoms with Crippen molar-refractivity contribution in [3.05, 3.63) is 53.0 Å². The molecule has 0 radical (unpaired) electrons. The second-order valence-corrected chi connectivity index (χ2v) is 5.83. The molecule has 25 heavy (non-hydrogen) atoms. The molecule has 1 N–H and O–H groups in total. The SMILES string of the molecule is CCOc1ccc(OCC(=O)OCC(=O)Nc2cccc(Br)c2)cc1. The van der Waals surface area contributed by atoms with Gasteiger partial charge in [-0.05, 0) is 49.4 Å². The van der Waals surface area contributed by atoms with Crippen LogP contribution in [0.15, 0.2) is 53.0 Å². The molecule has 0 unspecified atom stereocenters. The molecule has 0 fully saturated rings. The second-order valence-electron chi connectivity index (χ2n) is 4.91. The predicted molar refractivity (Wildman–Crippen MR) is 96.8 cm³/mol. The maximum atomic E-state index is 11.7. The third kappa shape index (κ3) is 6.84. The summed E-state index contributed by atoms with van der Waals surface area (Å²) in [4.78, 5) is 23.4. The van der Waals surface area contributed by atoms with Crippen molar-refractivity contribution in [3.63, 3.8) is 0 Å². The number of halogens is 1. The monoisotopic (exact) mass is 407 g/mol. The van der Waals surface area contributed by atoms with Gasteiger partial charge in [-0.1, -0.05) is 22.0 Å². The Kier molecular flexibility index (Phi) is 7.28. The van der Waals surface area contributed by atoms with Crippen LogP contribution < -0.4 is 14.8 Å². The predicted octanol–water partition coefficient (Wildman–Crippen LogP) is 3.41. The van der Waals surface area contributed by atoms with E-state index in [-0.39, 0.29) is 13.2 Å². The van der Waals surface area contributed by atoms with E-state index in [0.717, 1.165) is 10.2 Å². The zero-order chi connectivity index (χ0) is 18.1. The van der Waals surface area contributed by atoms with Crippen molar-refractivity contribution >= 4 is 33.5 Å². The van der Waals surface area contributed by atoms with Crippen LogP contribution in [0, 0.1) is 0 Å². The fourth-order valence-electron chi connectivity index (χ4n) is 1.89. The van der Waals surface area contributed by atoms with E-state index in [0.29, 0.717) is 18.0 Å². The highest BCUT2D eigenvalue weighted by Gasteiger charge is 2.09. The van der Waals surface area contributed by atoms with Gasteiger partial charge in [0.15, 0.2) is 13.2 Å². The van der Waals surface area contributed by atoms with Gasteiger partial charge < -0.3 is 19.5 Å². The Morgan fingerprint density at radius 2 is 1.68 bits per heavy atom. The number of nitrogens with one attached hydrogen (secondary N) is 1. The molecule has 1 amide bonds. The quantitative estimate of drug-likeness (QED) is 0.678. The van der Waals surface area contributed by atoms with Gasteiger partial charge in [-0.3, -0.25) is 4.79 Å². The summed E-state index contributed by atoms with van der Waals surface area (Å²) in [6, 6.07) is 14.0. The molecule has 0 aliphatic rings. The number of amides is 1. The molecule has 0 bridgehead atoms. The zero-order valence-electron chi connectivity index (χ0n) is 13.7. The molecule has 0 atom stereocenters. The number of hydrogen-bond donors (Lipinski definition) is 1. The number of ether oxygens (including phenoxy) is 3. The van der Waals surface area contributed by atoms with E-state index < -0.39 is 11.9 Å². The summed E-state index contributed by atoms with van der Waals surface area (Å²) >= 11 is 3.31. The summed E-state index contributed by atoms with van der Waals surface area (Å²) in [5.74, 6) is 0.187. The highest BCUT2D eigenvalue weighted by atomic mass is 79.9. The van der Waals surface area contributed by atoms with Crippen molar-refractivity contribution < 1.29 is 23.8 Å². The van der Waals surface area contributed by atoms with Crippen LogP contribution in [-0.4, -0.2) is 31.7 Å². The van der Waals surface area contributed by atoms with Gasteiger partial charge in [0.05, 0.1) is 6.61 Å². The lowest BCUT2D eigenvalue weighted by Crippen LogP contribution is -2.23. The Balaban J connectivity index is 1.70. The van der Waals surface area contributed by atoms with E-state index in [4.69, 9.17) is 14.2 Å². The molecule has 0 aromatic heterocycles. The molecule has 0 heterocycles. The molecule has 0 aliphatic heterocycles. The van der Waals surface area contributed by atoms with Gasteiger partial charge in [-0.15, -0.1) is 0 Å². The number of anilines is 1. The average Bonchev–Trinajstić information content (AvgIpc) is 2.60. The van der Waals surface area contributed by atoms with Gasteiger partial charge in [0, 0.05) is 10.2 Å². The molecule has 2 aromatic carbocycles. The summed E-state index contributed by atoms with van der Waals surface area (Å²) in [7, 11) is 0. The molecular formula is C18H18BrNO5. The van der Waals surface area contributed by atoms with Crippen molar-refractivity contribution in [2.45, 2.75) is 6.92 Å². The summed E-state index contributed by atoms with van der Waals surface area (Å²) in [5, 5.41) is 2.63. The number of carbonyl (C=O) groups is 2. The maximum absolute atomic E-state index is 11.7. The van der Waals surface area contributed by atoms with Gasteiger partial charge in [0.1, 0.15) is 11.5 Å². The van der Waals surface area contributed by atoms with Crippen LogP contribution in [-0.2, 0) is 14.3 Å². The van der Waals surface area contributed by atoms with Crippen molar-refractivity contribution in [2.75, 3.05) is 25.1 Å². The van der Waals surface area contributed by atoms with Crippen LogP contribution in [0.3, 0.4) is 0 Å². The Bertz CT molecular complexity index is 718. The average molecular weight is 408 g/mol. The fourth-order valence-corrected chi connectivity index (χ4v) is 2.29. The Morgan fingerprint density at radius 3 is 2.32 bits per heavy atom. The molecule has 6 nitrogen and oxygen atoms in total. The summed E-state index contributed by atoms with van der Waals surface area (Å²) < 4.78 is 16.3. The number of benzene rings is 2. The topological polar surface area (TPSA) is 73.9 Å². The first kappa shape index (κ1) is 18.8. The summed E-state index contributed by atoms with van der Waals surface area (Å²) in [6.07, 6.45) is 0. The highest BCUT2D eigenvalue weighted by Crippen LogP contribution is 2.17. The number of carbonyl (C=O) groups excluding carboxylic acids is 2. The van der Waals surface area contributed by atoms with Crippen molar-refractivity contribution in [3.8, 4) is 11.5 Å². The first-order valence-corrected chi connectivity index (χ1v) is 8.43. The van der Waals surface area contributed by atoms with Crippen LogP contribution in [0.1, 0.15) is 6.92 Å². The van der Waals surface area contributed by atoms with E-state index >= 15 is 0 Å². The second kappa shape index (κ2) is 9.68. The van der Waals surface area contributed by atoms with Gasteiger partial charge >= 0.3 is 5.97 Å². The standard InChI is InChI=1S/C18H18BrNO5/c1-2-23-15-6-8-16(9-7-15)24-12-18(22)25-11-17(21)20-14-5-3-4-13(19)10-14/h3-10H,2,11-12H2,1H3,(H,20,21). The van der Waals surface area contributed by atoms with E-state index in [1.54, 1.807) is 42.5 Å². The summed E-state index contributed by atoms with van der Waals surface area (Å²) in [6.45, 7) is 1.82. The van der Waals surface area contributed by atoms with Gasteiger partial charge in [0.2, 0.25) is 0 Å². The fraction of sp³-hybridized carbons (Fsp3) is 0.222. The Hall–Kier alpha value is -2.54. The van der Waals surface area contributed by atoms with Gasteiger partial charge in [-0.2, -0.15) is 0 Å². The van der Waals surface area contributed by atoms with E-state index in [2.05, 4.69) is 21.2 Å². The van der Waals surface area contributed by atoms with E-state index in [1.165, 1.54) is 0 Å². The van der Waals surface area contributed by atoms with Crippen molar-refractivity contribution in [1.82, 2.24) is 0 Å². The zero-order valence-corrected chi connectivity index (χ0v) is 15.2. The van der Waals surface area contributed by atoms with Crippen molar-refractivity contribution in [2.24, 2.45) is 0 Å². The lowest BCUT2D eigenvalue weighted by molar-refractivity contribution is -0.149. The Labute approximate surface area is 154 Å². The number of esters is 1. The molecule has 2 aromatic rings. The summed E-state index contributed by atoms with van der Waals surface area (Å²) in [5.41, 5.74) is 0.612. The van der Waals surface area contributed by atoms with Crippen LogP contribution in [0.25, 0.3) is 0 Å². The largest absolute Gasteiger partial charge is 0.494 e. The third-order valence-electron chi connectivity index (χ3n) is 2.96. The molecule has 132 valence electrons. The molecule has 2 rings (SSSR count). The van der Waals surface area contributed by atoms with Crippen LogP contribution in [0.5, 0.6) is 11.5 Å². The minimum Gasteiger partial charge on any atom is -0.494 e. The molecule has 0 aliphatic carbocycles. The van der Waals surface area contributed by atoms with Crippen LogP contribution >= 0.6 is 15.9 Å². The molecule has 0 saturated carbocycles. The molecular weight excluding hydrogens is 390 g/mol. The van der Waals surface area contributed by atoms with Gasteiger partial charge in [0.25, 0.3) is 5.91 Å². The smallest absolute Gasteiger partial charge is 0.344 e. The highest BCUT2D eigenvalue weighted by molar-refractivity contribution is 9.10. The molecule has 0 saturated heterocycles. The molecule has 0 spiro atoms. The van der Waals surface area contributed by atoms with Crippen molar-refractivity contribution in [1.29, 1.82) is 0 Å². The van der Waals surface area contributed by atoms with Crippen LogP contribution in [0.4, 0.5) is 5.69 Å². The molecule has 7 heteroatoms. The number of hydrogen-bond acceptors (Lipinski definition) is 5. The Morgan fingerprint density at radius 1 is 1.00 bits per heavy atom. The lowest BCUT2D eigenvalue weighted by atomic mass is 10.3. The maximum Gasteiger partial charge on any atom is 0.344 e. The third-order valence-corrected chi connectivity index (χ3v) is 3.46. The normalized spacial score (nSPS) is 10.0. The van der Waals surface area contributed by atoms with Crippen LogP contribution in [0.2, 0.25) is 0 Å². The van der Waals surface area contributed by atoms with Gasteiger partial charge in [-0.25, -0.2) is 4.79 Å². The number of rotatable bonds is 8. The minimum atomic E-state index is -0.627. The van der Waals surface area contributed by atoms with E-state index in [9.17, 15) is 9.59 Å². The first-order chi connectivity index (χ1) is 12.1.